The molecule has 2 aliphatic heterocycles. The van der Waals surface area contributed by atoms with Crippen molar-refractivity contribution in [1.82, 2.24) is 16.0 Å². The smallest absolute Gasteiger partial charge is 0.457 e. The van der Waals surface area contributed by atoms with E-state index in [-0.39, 0.29) is 74.4 Å². The summed E-state index contributed by atoms with van der Waals surface area (Å²) in [6, 6.07) is 16.1. The van der Waals surface area contributed by atoms with Crippen molar-refractivity contribution in [2.45, 2.75) is 183 Å². The second-order valence-corrected chi connectivity index (χ2v) is 32.7. The molecular weight excluding hydrogens is 1340 g/mol. The van der Waals surface area contributed by atoms with E-state index < -0.39 is 62.8 Å². The fraction of sp³-hybridized carbons (Fsp3) is 0.508. The van der Waals surface area contributed by atoms with Gasteiger partial charge in [0.1, 0.15) is 18.1 Å². The summed E-state index contributed by atoms with van der Waals surface area (Å²) < 4.78 is 155. The highest BCUT2D eigenvalue weighted by molar-refractivity contribution is 8.37. The lowest BCUT2D eigenvalue weighted by Crippen LogP contribution is -2.28. The minimum atomic E-state index is -4.59. The number of hydrogen-bond donors (Lipinski definition) is 9. The van der Waals surface area contributed by atoms with Crippen LogP contribution in [0.4, 0.5) is 11.4 Å². The molecule has 0 fully saturated rings. The van der Waals surface area contributed by atoms with E-state index in [0.29, 0.717) is 123 Å². The molecule has 0 saturated heterocycles. The number of amidine groups is 1. The normalized spacial score (nSPS) is 16.3. The van der Waals surface area contributed by atoms with E-state index in [9.17, 15) is 70.5 Å². The molecule has 95 heavy (non-hydrogen) atoms. The number of rotatable bonds is 36. The molecule has 3 amide bonds. The first-order chi connectivity index (χ1) is 44.7. The third-order valence-electron chi connectivity index (χ3n) is 16.9. The maximum Gasteiger partial charge on any atom is 0.535 e. The summed E-state index contributed by atoms with van der Waals surface area (Å²) in [5, 5.41) is 23.0. The zero-order valence-corrected chi connectivity index (χ0v) is 59.0. The first-order valence-corrected chi connectivity index (χ1v) is 39.5. The maximum atomic E-state index is 13.0. The molecule has 0 spiro atoms. The number of nitrogens with one attached hydrogen (secondary N) is 5. The topological polar surface area (TPSA) is 385 Å². The van der Waals surface area contributed by atoms with Crippen LogP contribution in [-0.4, -0.2) is 127 Å². The minimum absolute atomic E-state index is 0.0136. The molecule has 520 valence electrons. The van der Waals surface area contributed by atoms with Gasteiger partial charge in [-0.15, -0.1) is 0 Å². The van der Waals surface area contributed by atoms with Gasteiger partial charge in [-0.1, -0.05) is 70.6 Å². The van der Waals surface area contributed by atoms with Crippen molar-refractivity contribution >= 4 is 108 Å². The lowest BCUT2D eigenvalue weighted by Gasteiger charge is -2.27. The number of hydrogen-bond acceptors (Lipinski definition) is 17. The second-order valence-electron chi connectivity index (χ2n) is 24.8. The van der Waals surface area contributed by atoms with Crippen LogP contribution in [0, 0.1) is 10.8 Å². The van der Waals surface area contributed by atoms with E-state index in [1.165, 1.54) is 24.3 Å². The Balaban J connectivity index is 1.12. The number of allylic oxidation sites excluding steroid dienone is 7. The van der Waals surface area contributed by atoms with Gasteiger partial charge >= 0.3 is 16.0 Å². The number of fused-ring (bicyclic) bond motifs is 2. The molecule has 6 rings (SSSR count). The molecule has 0 atom stereocenters. The van der Waals surface area contributed by atoms with Gasteiger partial charge in [-0.25, -0.2) is 5.41 Å². The van der Waals surface area contributed by atoms with Crippen LogP contribution in [0.5, 0.6) is 5.75 Å². The van der Waals surface area contributed by atoms with Crippen LogP contribution in [0.3, 0.4) is 0 Å². The first-order valence-electron chi connectivity index (χ1n) is 31.8. The second kappa shape index (κ2) is 35.2. The summed E-state index contributed by atoms with van der Waals surface area (Å²) in [7, 11) is -17.6. The number of ether oxygens (including phenoxy) is 1. The summed E-state index contributed by atoms with van der Waals surface area (Å²) in [6.07, 6.45) is 20.3. The molecule has 1 aliphatic carbocycles. The lowest BCUT2D eigenvalue weighted by molar-refractivity contribution is -0.438. The average molecular weight is 1430 g/mol. The molecule has 30 heteroatoms. The highest BCUT2D eigenvalue weighted by atomic mass is 32.2. The predicted molar refractivity (Wildman–Crippen MR) is 369 cm³/mol. The van der Waals surface area contributed by atoms with Crippen molar-refractivity contribution in [3.63, 3.8) is 0 Å². The van der Waals surface area contributed by atoms with Crippen LogP contribution in [0.1, 0.15) is 173 Å². The Labute approximate surface area is 566 Å². The number of anilines is 1. The van der Waals surface area contributed by atoms with Crippen molar-refractivity contribution in [2.75, 3.05) is 42.6 Å². The van der Waals surface area contributed by atoms with Gasteiger partial charge in [-0.05, 0) is 161 Å². The van der Waals surface area contributed by atoms with Crippen molar-refractivity contribution in [3.8, 4) is 5.75 Å². The fourth-order valence-electron chi connectivity index (χ4n) is 11.9. The first kappa shape index (κ1) is 77.7. The molecule has 3 aromatic rings. The summed E-state index contributed by atoms with van der Waals surface area (Å²) in [4.78, 5) is 38.7. The molecule has 2 heterocycles. The number of unbranched alkanes of at least 4 members (excludes halogenated alkanes) is 10. The van der Waals surface area contributed by atoms with Crippen LogP contribution in [0.15, 0.2) is 117 Å². The van der Waals surface area contributed by atoms with Crippen molar-refractivity contribution in [2.24, 2.45) is 0 Å². The van der Waals surface area contributed by atoms with Crippen LogP contribution in [0.2, 0.25) is 0 Å². The molecule has 0 aromatic heterocycles. The van der Waals surface area contributed by atoms with Crippen molar-refractivity contribution in [1.29, 1.82) is 10.8 Å². The van der Waals surface area contributed by atoms with E-state index in [2.05, 4.69) is 16.0 Å². The number of amides is 3. The Kier molecular flexibility index (Phi) is 28.8. The third-order valence-corrected chi connectivity index (χ3v) is 21.3. The highest BCUT2D eigenvalue weighted by Gasteiger charge is 2.45. The van der Waals surface area contributed by atoms with Gasteiger partial charge in [0.15, 0.2) is 10.9 Å². The number of nitrogens with zero attached hydrogens (tertiary/aromatic N) is 2. The van der Waals surface area contributed by atoms with E-state index in [0.717, 1.165) is 85.9 Å². The van der Waals surface area contributed by atoms with Crippen molar-refractivity contribution in [3.05, 3.63) is 124 Å². The molecule has 0 saturated carbocycles. The van der Waals surface area contributed by atoms with E-state index >= 15 is 0 Å². The molecule has 0 radical (unpaired) electrons. The molecule has 0 bridgehead atoms. The predicted octanol–water partition coefficient (Wildman–Crippen LogP) is 10.6. The highest BCUT2D eigenvalue weighted by Crippen LogP contribution is 2.49. The largest absolute Gasteiger partial charge is 0.535 e. The Bertz CT molecular complexity index is 3960. The van der Waals surface area contributed by atoms with Gasteiger partial charge < -0.3 is 25.6 Å². The Morgan fingerprint density at radius 3 is 1.80 bits per heavy atom. The van der Waals surface area contributed by atoms with Gasteiger partial charge in [-0.2, -0.15) is 38.2 Å². The quantitative estimate of drug-likeness (QED) is 0.00652. The van der Waals surface area contributed by atoms with Gasteiger partial charge in [0.25, 0.3) is 40.5 Å². The Hall–Kier alpha value is -6.35. The Morgan fingerprint density at radius 2 is 1.20 bits per heavy atom. The van der Waals surface area contributed by atoms with Crippen molar-refractivity contribution < 1.29 is 79.8 Å². The molecular formula is C65H89N7O17S6+2. The van der Waals surface area contributed by atoms with Crippen LogP contribution >= 0.6 is 11.8 Å². The molecule has 24 nitrogen and oxygen atoms in total. The minimum Gasteiger partial charge on any atom is -0.457 e. The van der Waals surface area contributed by atoms with E-state index in [4.69, 9.17) is 15.6 Å². The molecule has 0 unspecified atom stereocenters. The van der Waals surface area contributed by atoms with Gasteiger partial charge in [0.05, 0.1) is 26.7 Å². The number of carbonyl (C=O) groups is 3. The summed E-state index contributed by atoms with van der Waals surface area (Å²) in [5.74, 6) is -0.283. The summed E-state index contributed by atoms with van der Waals surface area (Å²) in [5.41, 5.74) is 4.74. The SMILES string of the molecule is CC1(C)C(/C=C/C2=C(Oc3ccc(CCC(=O)NCCCCCCCC(=O)NCCCCCCCC(=O)NC(=N)SC(=N)[S+]=O)cc3)C(=C/C=C3/N(CCCCS(=O)(=O)O)c4ccc(S(=O)(=O)O)cc4C3(C)C)/CCC2)=[N+](CCCCS(=O)(=O)O)c2ccc(S(=O)(=O)O)cc21. The fourth-order valence-corrected chi connectivity index (χ4v) is 14.8. The van der Waals surface area contributed by atoms with Gasteiger partial charge in [0.2, 0.25) is 23.4 Å². The molecule has 3 aliphatic rings. The average Bonchev–Trinajstić information content (AvgIpc) is 1.60. The van der Waals surface area contributed by atoms with E-state index in [1.807, 2.05) is 85.7 Å². The van der Waals surface area contributed by atoms with Gasteiger partial charge in [0, 0.05) is 95.8 Å². The maximum absolute atomic E-state index is 13.0. The van der Waals surface area contributed by atoms with E-state index in [1.54, 1.807) is 12.1 Å². The molecule has 9 N–H and O–H groups in total. The number of benzene rings is 3. The number of carbonyl (C=O) groups excluding carboxylic acids is 3. The standard InChI is InChI=1S/C65H87N7O17S6/c1-64(2)52-44-50(94(83,84)85)31-33-54(52)71(40-15-17-42-92(77,78)79)56(64)35-27-47-20-19-21-48(28-36-57-65(3,4)53-45-51(95(86,87)88)32-34-55(53)72(57)41-16-18-43-93(80,81)82)61(47)89-49-29-24-46(25-30-49)26-37-59(74)69-39-14-9-5-7-11-22-58(73)68-38-13-10-6-8-12-23-60(75)70-62(66)90-63(67)91-76/h24-25,27-36,44-45,67H,5-23,26,37-43H2,1-4H3,(H6-2,66,68,69,70,73,74,75,77,78,79,80,81,82,83,84,85,86,87,88)/p+2. The van der Waals surface area contributed by atoms with Gasteiger partial charge in [-0.3, -0.25) is 38.0 Å². The lowest BCUT2D eigenvalue weighted by atomic mass is 9.81. The number of aryl methyl sites for hydroxylation is 1. The number of thioether (sulfide) groups is 1. The van der Waals surface area contributed by atoms with Crippen LogP contribution < -0.4 is 25.6 Å². The molecule has 3 aromatic carbocycles. The monoisotopic (exact) mass is 1430 g/mol. The Morgan fingerprint density at radius 1 is 0.642 bits per heavy atom. The van der Waals surface area contributed by atoms with Crippen LogP contribution in [-0.2, 0) is 88.0 Å². The van der Waals surface area contributed by atoms with Crippen LogP contribution in [0.25, 0.3) is 0 Å². The third kappa shape index (κ3) is 24.3. The summed E-state index contributed by atoms with van der Waals surface area (Å²) >= 11 is 0.562. The summed E-state index contributed by atoms with van der Waals surface area (Å²) in [6.45, 7) is 9.35. The zero-order chi connectivity index (χ0) is 69.8. The zero-order valence-electron chi connectivity index (χ0n) is 54.1.